The van der Waals surface area contributed by atoms with Gasteiger partial charge in [0, 0.05) is 42.8 Å². The van der Waals surface area contributed by atoms with Crippen LogP contribution >= 0.6 is 0 Å². The zero-order valence-electron chi connectivity index (χ0n) is 16.0. The number of rotatable bonds is 4. The summed E-state index contributed by atoms with van der Waals surface area (Å²) >= 11 is 0. The summed E-state index contributed by atoms with van der Waals surface area (Å²) in [4.78, 5) is 26.1. The van der Waals surface area contributed by atoms with E-state index in [4.69, 9.17) is 5.73 Å². The van der Waals surface area contributed by atoms with Crippen LogP contribution in [0.3, 0.4) is 0 Å². The van der Waals surface area contributed by atoms with Crippen molar-refractivity contribution in [1.29, 1.82) is 0 Å². The van der Waals surface area contributed by atoms with Crippen molar-refractivity contribution in [2.24, 2.45) is 11.7 Å². The van der Waals surface area contributed by atoms with Gasteiger partial charge in [0.05, 0.1) is 11.2 Å². The van der Waals surface area contributed by atoms with Crippen LogP contribution in [0.1, 0.15) is 43.1 Å². The van der Waals surface area contributed by atoms with E-state index >= 15 is 4.39 Å². The zero-order chi connectivity index (χ0) is 19.9. The molecule has 0 unspecified atom stereocenters. The highest BCUT2D eigenvalue weighted by molar-refractivity contribution is 5.95. The number of hydrogen-bond acceptors (Lipinski definition) is 4. The Morgan fingerprint density at radius 1 is 1.41 bits per heavy atom. The maximum Gasteiger partial charge on any atom is 0.341 e. The molecule has 0 radical (unpaired) electrons. The van der Waals surface area contributed by atoms with Gasteiger partial charge in [-0.05, 0) is 31.7 Å². The number of aryl methyl sites for hydroxylation is 2. The lowest BCUT2D eigenvalue weighted by molar-refractivity contribution is 0.0695. The minimum Gasteiger partial charge on any atom is -0.477 e. The first-order valence-corrected chi connectivity index (χ1v) is 9.42. The topological polar surface area (TPSA) is 88.6 Å². The molecule has 2 heterocycles. The quantitative estimate of drug-likeness (QED) is 0.858. The number of anilines is 1. The lowest BCUT2D eigenvalue weighted by Crippen LogP contribution is -2.46. The number of halogens is 1. The molecule has 0 bridgehead atoms. The van der Waals surface area contributed by atoms with Crippen molar-refractivity contribution in [3.63, 3.8) is 0 Å². The van der Waals surface area contributed by atoms with Gasteiger partial charge < -0.3 is 20.3 Å². The average molecular weight is 375 g/mol. The maximum absolute atomic E-state index is 15.2. The SMILES string of the molecule is CCc1c(N2CC[C@H](N)[C@@H](C)C2)c(F)cc2c(=O)c(C(=O)O)cn(CC)c12. The van der Waals surface area contributed by atoms with Crippen LogP contribution in [0.5, 0.6) is 0 Å². The van der Waals surface area contributed by atoms with Gasteiger partial charge >= 0.3 is 5.97 Å². The van der Waals surface area contributed by atoms with Crippen LogP contribution in [-0.2, 0) is 13.0 Å². The van der Waals surface area contributed by atoms with Gasteiger partial charge in [0.2, 0.25) is 5.43 Å². The predicted molar refractivity (Wildman–Crippen MR) is 104 cm³/mol. The summed E-state index contributed by atoms with van der Waals surface area (Å²) in [7, 11) is 0. The van der Waals surface area contributed by atoms with E-state index in [1.807, 2.05) is 18.7 Å². The highest BCUT2D eigenvalue weighted by Crippen LogP contribution is 2.34. The molecule has 0 aliphatic carbocycles. The Morgan fingerprint density at radius 2 is 2.11 bits per heavy atom. The molecule has 0 saturated carbocycles. The summed E-state index contributed by atoms with van der Waals surface area (Å²) in [6.07, 6.45) is 2.68. The van der Waals surface area contributed by atoms with Crippen LogP contribution in [0.4, 0.5) is 10.1 Å². The van der Waals surface area contributed by atoms with Crippen molar-refractivity contribution < 1.29 is 14.3 Å². The maximum atomic E-state index is 15.2. The fraction of sp³-hybridized carbons (Fsp3) is 0.500. The number of benzene rings is 1. The molecule has 2 aromatic rings. The zero-order valence-corrected chi connectivity index (χ0v) is 16.0. The Labute approximate surface area is 157 Å². The number of aromatic carboxylic acids is 1. The summed E-state index contributed by atoms with van der Waals surface area (Å²) in [5.74, 6) is -1.55. The van der Waals surface area contributed by atoms with Crippen molar-refractivity contribution in [2.45, 2.75) is 46.2 Å². The Morgan fingerprint density at radius 3 is 2.67 bits per heavy atom. The van der Waals surface area contributed by atoms with Crippen LogP contribution in [0, 0.1) is 11.7 Å². The molecular formula is C20H26FN3O3. The standard InChI is InChI=1S/C20H26FN3O3/c1-4-12-17-13(19(25)14(20(26)27)10-23(17)5-2)8-15(21)18(12)24-7-6-16(22)11(3)9-24/h8,10-11,16H,4-7,9,22H2,1-3H3,(H,26,27)/t11-,16-/m0/s1. The van der Waals surface area contributed by atoms with Gasteiger partial charge in [0.25, 0.3) is 0 Å². The number of pyridine rings is 1. The van der Waals surface area contributed by atoms with E-state index in [9.17, 15) is 14.7 Å². The van der Waals surface area contributed by atoms with Crippen molar-refractivity contribution in [1.82, 2.24) is 4.57 Å². The number of aromatic nitrogens is 1. The number of carboxylic acids is 1. The minimum absolute atomic E-state index is 0.0989. The predicted octanol–water partition coefficient (Wildman–Crippen LogP) is 2.59. The van der Waals surface area contributed by atoms with Gasteiger partial charge in [0.1, 0.15) is 11.4 Å². The molecule has 0 amide bonds. The number of nitrogens with zero attached hydrogens (tertiary/aromatic N) is 2. The minimum atomic E-state index is -1.30. The van der Waals surface area contributed by atoms with Crippen molar-refractivity contribution in [3.05, 3.63) is 39.4 Å². The van der Waals surface area contributed by atoms with E-state index in [0.717, 1.165) is 12.0 Å². The Bertz CT molecular complexity index is 954. The van der Waals surface area contributed by atoms with Crippen LogP contribution in [0.2, 0.25) is 0 Å². The molecule has 1 saturated heterocycles. The molecule has 27 heavy (non-hydrogen) atoms. The summed E-state index contributed by atoms with van der Waals surface area (Å²) in [5, 5.41) is 9.45. The Balaban J connectivity index is 2.31. The molecule has 1 aromatic carbocycles. The molecule has 7 heteroatoms. The molecule has 3 N–H and O–H groups in total. The molecular weight excluding hydrogens is 349 g/mol. The van der Waals surface area contributed by atoms with Gasteiger partial charge in [-0.1, -0.05) is 13.8 Å². The van der Waals surface area contributed by atoms with E-state index in [-0.39, 0.29) is 22.9 Å². The smallest absolute Gasteiger partial charge is 0.341 e. The third-order valence-electron chi connectivity index (χ3n) is 5.60. The molecule has 6 nitrogen and oxygen atoms in total. The first-order chi connectivity index (χ1) is 12.8. The second-order valence-electron chi connectivity index (χ2n) is 7.27. The van der Waals surface area contributed by atoms with Crippen LogP contribution in [-0.4, -0.2) is 34.8 Å². The molecule has 3 rings (SSSR count). The lowest BCUT2D eigenvalue weighted by atomic mass is 9.93. The van der Waals surface area contributed by atoms with E-state index in [0.29, 0.717) is 37.3 Å². The van der Waals surface area contributed by atoms with Gasteiger partial charge in [-0.25, -0.2) is 9.18 Å². The highest BCUT2D eigenvalue weighted by atomic mass is 19.1. The van der Waals surface area contributed by atoms with Crippen LogP contribution in [0.25, 0.3) is 10.9 Å². The molecule has 0 spiro atoms. The Kier molecular flexibility index (Phi) is 5.24. The molecule has 1 fully saturated rings. The third-order valence-corrected chi connectivity index (χ3v) is 5.60. The normalized spacial score (nSPS) is 20.3. The Hall–Kier alpha value is -2.41. The molecule has 146 valence electrons. The molecule has 1 aromatic heterocycles. The van der Waals surface area contributed by atoms with Crippen molar-refractivity contribution >= 4 is 22.6 Å². The van der Waals surface area contributed by atoms with Crippen molar-refractivity contribution in [3.8, 4) is 0 Å². The number of piperidine rings is 1. The van der Waals surface area contributed by atoms with E-state index in [2.05, 4.69) is 6.92 Å². The number of carboxylic acid groups (broad SMARTS) is 1. The number of hydrogen-bond donors (Lipinski definition) is 2. The number of nitrogens with two attached hydrogens (primary N) is 1. The molecule has 1 aliphatic rings. The highest BCUT2D eigenvalue weighted by Gasteiger charge is 2.28. The molecule has 1 aliphatic heterocycles. The number of fused-ring (bicyclic) bond motifs is 1. The summed E-state index contributed by atoms with van der Waals surface area (Å²) in [6.45, 7) is 7.65. The van der Waals surface area contributed by atoms with E-state index < -0.39 is 17.2 Å². The van der Waals surface area contributed by atoms with E-state index in [1.165, 1.54) is 12.3 Å². The number of carbonyl (C=O) groups is 1. The van der Waals surface area contributed by atoms with Gasteiger partial charge in [-0.3, -0.25) is 4.79 Å². The van der Waals surface area contributed by atoms with Crippen LogP contribution in [0.15, 0.2) is 17.1 Å². The first-order valence-electron chi connectivity index (χ1n) is 9.42. The molecule has 2 atom stereocenters. The van der Waals surface area contributed by atoms with Crippen molar-refractivity contribution in [2.75, 3.05) is 18.0 Å². The summed E-state index contributed by atoms with van der Waals surface area (Å²) in [6, 6.07) is 1.30. The summed E-state index contributed by atoms with van der Waals surface area (Å²) < 4.78 is 16.9. The second-order valence-corrected chi connectivity index (χ2v) is 7.27. The summed E-state index contributed by atoms with van der Waals surface area (Å²) in [5.41, 5.74) is 6.99. The first kappa shape index (κ1) is 19.4. The van der Waals surface area contributed by atoms with Crippen LogP contribution < -0.4 is 16.1 Å². The van der Waals surface area contributed by atoms with E-state index in [1.54, 1.807) is 4.57 Å². The monoisotopic (exact) mass is 375 g/mol. The largest absolute Gasteiger partial charge is 0.477 e. The lowest BCUT2D eigenvalue weighted by Gasteiger charge is -2.38. The fourth-order valence-electron chi connectivity index (χ4n) is 4.05. The average Bonchev–Trinajstić information content (AvgIpc) is 2.63. The van der Waals surface area contributed by atoms with Gasteiger partial charge in [-0.2, -0.15) is 0 Å². The third kappa shape index (κ3) is 3.20. The fourth-order valence-corrected chi connectivity index (χ4v) is 4.05. The van der Waals surface area contributed by atoms with Gasteiger partial charge in [-0.15, -0.1) is 0 Å². The second kappa shape index (κ2) is 7.31. The van der Waals surface area contributed by atoms with Gasteiger partial charge in [0.15, 0.2) is 0 Å².